The molecule has 180 valence electrons. The number of carboxylic acids is 1. The van der Waals surface area contributed by atoms with E-state index >= 15 is 0 Å². The summed E-state index contributed by atoms with van der Waals surface area (Å²) in [4.78, 5) is 45.4. The normalized spacial score (nSPS) is 14.8. The SMILES string of the molecule is CC(=O)NCOP(=O)(O)N[C@H](C(=O)N[C@@H](Cc1ccc(-c2ccsc2)cc1)C(=O)O)C(C)C. The maximum absolute atomic E-state index is 12.8. The predicted octanol–water partition coefficient (Wildman–Crippen LogP) is 2.35. The highest BCUT2D eigenvalue weighted by atomic mass is 32.1. The van der Waals surface area contributed by atoms with E-state index < -0.39 is 50.3 Å². The number of hydrogen-bond donors (Lipinski definition) is 5. The molecule has 0 aliphatic carbocycles. The second kappa shape index (κ2) is 12.1. The molecular weight excluding hydrogens is 469 g/mol. The predicted molar refractivity (Wildman–Crippen MR) is 124 cm³/mol. The van der Waals surface area contributed by atoms with E-state index in [9.17, 15) is 28.9 Å². The van der Waals surface area contributed by atoms with Gasteiger partial charge in [0.1, 0.15) is 12.8 Å². The van der Waals surface area contributed by atoms with E-state index in [0.29, 0.717) is 5.56 Å². The smallest absolute Gasteiger partial charge is 0.405 e. The number of aliphatic carboxylic acids is 1. The summed E-state index contributed by atoms with van der Waals surface area (Å²) in [6.45, 7) is 3.95. The van der Waals surface area contributed by atoms with Crippen molar-refractivity contribution in [2.75, 3.05) is 6.73 Å². The number of amides is 2. The molecule has 0 saturated heterocycles. The van der Waals surface area contributed by atoms with Crippen LogP contribution in [0.5, 0.6) is 0 Å². The van der Waals surface area contributed by atoms with Gasteiger partial charge in [-0.2, -0.15) is 11.3 Å². The Balaban J connectivity index is 2.04. The fourth-order valence-electron chi connectivity index (χ4n) is 2.90. The first-order valence-corrected chi connectivity index (χ1v) is 12.6. The number of carbonyl (C=O) groups is 3. The minimum atomic E-state index is -4.45. The second-order valence-corrected chi connectivity index (χ2v) is 10.0. The second-order valence-electron chi connectivity index (χ2n) is 7.69. The Hall–Kier alpha value is -2.56. The van der Waals surface area contributed by atoms with Crippen LogP contribution in [0.3, 0.4) is 0 Å². The van der Waals surface area contributed by atoms with E-state index in [1.54, 1.807) is 37.3 Å². The van der Waals surface area contributed by atoms with Gasteiger partial charge in [0, 0.05) is 13.3 Å². The van der Waals surface area contributed by atoms with Crippen molar-refractivity contribution in [1.82, 2.24) is 15.7 Å². The third-order valence-electron chi connectivity index (χ3n) is 4.67. The number of rotatable bonds is 12. The molecular formula is C21H28N3O7PS. The molecule has 2 amide bonds. The van der Waals surface area contributed by atoms with Crippen LogP contribution in [0.25, 0.3) is 11.1 Å². The molecule has 2 rings (SSSR count). The van der Waals surface area contributed by atoms with Gasteiger partial charge in [-0.3, -0.25) is 14.1 Å². The summed E-state index contributed by atoms with van der Waals surface area (Å²) in [5, 5.41) is 20.5. The van der Waals surface area contributed by atoms with Crippen molar-refractivity contribution in [1.29, 1.82) is 0 Å². The van der Waals surface area contributed by atoms with Gasteiger partial charge < -0.3 is 20.6 Å². The summed E-state index contributed by atoms with van der Waals surface area (Å²) in [6.07, 6.45) is 0.0334. The summed E-state index contributed by atoms with van der Waals surface area (Å²) in [5.74, 6) is -2.92. The van der Waals surface area contributed by atoms with Crippen LogP contribution in [0, 0.1) is 5.92 Å². The molecule has 2 aromatic rings. The highest BCUT2D eigenvalue weighted by Gasteiger charge is 2.33. The van der Waals surface area contributed by atoms with Gasteiger partial charge >= 0.3 is 13.7 Å². The van der Waals surface area contributed by atoms with E-state index in [0.717, 1.165) is 11.1 Å². The van der Waals surface area contributed by atoms with Gasteiger partial charge in [0.05, 0.1) is 6.04 Å². The largest absolute Gasteiger partial charge is 0.480 e. The topological polar surface area (TPSA) is 154 Å². The van der Waals surface area contributed by atoms with Crippen LogP contribution in [-0.4, -0.2) is 46.6 Å². The maximum Gasteiger partial charge on any atom is 0.405 e. The van der Waals surface area contributed by atoms with Gasteiger partial charge in [-0.1, -0.05) is 38.1 Å². The Morgan fingerprint density at radius 3 is 2.30 bits per heavy atom. The van der Waals surface area contributed by atoms with Crippen LogP contribution in [-0.2, 0) is 29.9 Å². The Kier molecular flexibility index (Phi) is 9.75. The van der Waals surface area contributed by atoms with Crippen LogP contribution in [0.15, 0.2) is 41.1 Å². The molecule has 0 aliphatic rings. The first kappa shape index (κ1) is 26.7. The minimum Gasteiger partial charge on any atom is -0.480 e. The Bertz CT molecular complexity index is 996. The molecule has 1 heterocycles. The molecule has 33 heavy (non-hydrogen) atoms. The zero-order chi connectivity index (χ0) is 24.6. The Labute approximate surface area is 195 Å². The lowest BCUT2D eigenvalue weighted by atomic mass is 10.0. The highest BCUT2D eigenvalue weighted by Crippen LogP contribution is 2.37. The van der Waals surface area contributed by atoms with Crippen molar-refractivity contribution in [3.05, 3.63) is 46.7 Å². The monoisotopic (exact) mass is 497 g/mol. The molecule has 10 nitrogen and oxygen atoms in total. The molecule has 0 spiro atoms. The standard InChI is InChI=1S/C21H28N3O7PS/c1-13(2)19(24-32(29,30)31-12-22-14(3)25)20(26)23-18(21(27)28)10-15-4-6-16(7-5-15)17-8-9-33-11-17/h4-9,11,13,18-19H,10,12H2,1-3H3,(H,22,25)(H,23,26)(H,27,28)(H2,24,29,30)/t18-,19-/m0/s1. The number of benzene rings is 1. The van der Waals surface area contributed by atoms with Gasteiger partial charge in [-0.05, 0) is 39.4 Å². The molecule has 0 fully saturated rings. The summed E-state index contributed by atoms with van der Waals surface area (Å²) < 4.78 is 17.0. The summed E-state index contributed by atoms with van der Waals surface area (Å²) in [6, 6.07) is 6.89. The van der Waals surface area contributed by atoms with Gasteiger partial charge in [-0.25, -0.2) is 14.4 Å². The van der Waals surface area contributed by atoms with Crippen molar-refractivity contribution in [3.63, 3.8) is 0 Å². The van der Waals surface area contributed by atoms with E-state index in [4.69, 9.17) is 4.52 Å². The lowest BCUT2D eigenvalue weighted by Gasteiger charge is -2.26. The van der Waals surface area contributed by atoms with Crippen LogP contribution in [0.2, 0.25) is 0 Å². The van der Waals surface area contributed by atoms with Crippen LogP contribution < -0.4 is 15.7 Å². The molecule has 0 saturated carbocycles. The Morgan fingerprint density at radius 1 is 1.12 bits per heavy atom. The number of carboxylic acid groups (broad SMARTS) is 1. The summed E-state index contributed by atoms with van der Waals surface area (Å²) in [7, 11) is -4.45. The van der Waals surface area contributed by atoms with Crippen molar-refractivity contribution < 1.29 is 33.5 Å². The van der Waals surface area contributed by atoms with Gasteiger partial charge in [0.2, 0.25) is 11.8 Å². The van der Waals surface area contributed by atoms with Crippen LogP contribution >= 0.6 is 19.1 Å². The molecule has 0 aliphatic heterocycles. The van der Waals surface area contributed by atoms with Gasteiger partial charge in [0.25, 0.3) is 0 Å². The quantitative estimate of drug-likeness (QED) is 0.221. The maximum atomic E-state index is 12.8. The first-order chi connectivity index (χ1) is 15.5. The third-order valence-corrected chi connectivity index (χ3v) is 6.44. The Morgan fingerprint density at radius 2 is 1.79 bits per heavy atom. The van der Waals surface area contributed by atoms with Crippen LogP contribution in [0.4, 0.5) is 0 Å². The highest BCUT2D eigenvalue weighted by molar-refractivity contribution is 7.50. The zero-order valence-electron chi connectivity index (χ0n) is 18.5. The number of nitrogens with one attached hydrogen (secondary N) is 3. The first-order valence-electron chi connectivity index (χ1n) is 10.1. The summed E-state index contributed by atoms with van der Waals surface area (Å²) in [5.41, 5.74) is 2.77. The molecule has 12 heteroatoms. The fraction of sp³-hybridized carbons (Fsp3) is 0.381. The average Bonchev–Trinajstić information content (AvgIpc) is 3.26. The van der Waals surface area contributed by atoms with Crippen LogP contribution in [0.1, 0.15) is 26.3 Å². The van der Waals surface area contributed by atoms with Crippen molar-refractivity contribution >= 4 is 36.9 Å². The lowest BCUT2D eigenvalue weighted by Crippen LogP contribution is -2.52. The lowest BCUT2D eigenvalue weighted by molar-refractivity contribution is -0.142. The molecule has 0 bridgehead atoms. The molecule has 1 unspecified atom stereocenters. The summed E-state index contributed by atoms with van der Waals surface area (Å²) >= 11 is 1.58. The van der Waals surface area contributed by atoms with Crippen molar-refractivity contribution in [3.8, 4) is 11.1 Å². The van der Waals surface area contributed by atoms with Crippen molar-refractivity contribution in [2.24, 2.45) is 5.92 Å². The third kappa shape index (κ3) is 8.71. The number of carbonyl (C=O) groups excluding carboxylic acids is 2. The van der Waals surface area contributed by atoms with E-state index in [2.05, 4.69) is 15.7 Å². The van der Waals surface area contributed by atoms with Gasteiger partial charge in [-0.15, -0.1) is 0 Å². The fourth-order valence-corrected chi connectivity index (χ4v) is 4.65. The average molecular weight is 498 g/mol. The molecule has 3 atom stereocenters. The van der Waals surface area contributed by atoms with Gasteiger partial charge in [0.15, 0.2) is 0 Å². The van der Waals surface area contributed by atoms with E-state index in [1.165, 1.54) is 6.92 Å². The van der Waals surface area contributed by atoms with E-state index in [1.807, 2.05) is 29.0 Å². The van der Waals surface area contributed by atoms with E-state index in [-0.39, 0.29) is 6.42 Å². The molecule has 1 aromatic heterocycles. The molecule has 1 aromatic carbocycles. The molecule has 0 radical (unpaired) electrons. The number of thiophene rings is 1. The molecule has 5 N–H and O–H groups in total. The zero-order valence-corrected chi connectivity index (χ0v) is 20.2. The number of hydrogen-bond acceptors (Lipinski definition) is 6. The van der Waals surface area contributed by atoms with Crippen molar-refractivity contribution in [2.45, 2.75) is 39.3 Å². The minimum absolute atomic E-state index is 0.0334.